The first-order valence-electron chi connectivity index (χ1n) is 5.42. The van der Waals surface area contributed by atoms with Gasteiger partial charge in [0.05, 0.1) is 4.92 Å². The lowest BCUT2D eigenvalue weighted by Crippen LogP contribution is -2.14. The van der Waals surface area contributed by atoms with Crippen molar-refractivity contribution < 1.29 is 4.92 Å². The van der Waals surface area contributed by atoms with Gasteiger partial charge in [-0.25, -0.2) is 0 Å². The Morgan fingerprint density at radius 2 is 2.06 bits per heavy atom. The van der Waals surface area contributed by atoms with E-state index in [1.807, 2.05) is 6.07 Å². The van der Waals surface area contributed by atoms with Crippen LogP contribution in [0.4, 0.5) is 5.69 Å². The average Bonchev–Trinajstić information content (AvgIpc) is 2.28. The van der Waals surface area contributed by atoms with E-state index in [2.05, 4.69) is 13.8 Å². The van der Waals surface area contributed by atoms with Gasteiger partial charge in [-0.05, 0) is 12.3 Å². The molecule has 1 rings (SSSR count). The minimum absolute atomic E-state index is 0.0499. The molecule has 0 saturated carbocycles. The third-order valence-electron chi connectivity index (χ3n) is 2.86. The number of hydrogen-bond acceptors (Lipinski definition) is 2. The lowest BCUT2D eigenvalue weighted by atomic mass is 9.97. The molecule has 4 heteroatoms. The monoisotopic (exact) mass is 241 g/mol. The van der Waals surface area contributed by atoms with Crippen molar-refractivity contribution in [2.24, 2.45) is 5.92 Å². The van der Waals surface area contributed by atoms with Crippen molar-refractivity contribution in [3.63, 3.8) is 0 Å². The third kappa shape index (κ3) is 3.20. The molecule has 0 aliphatic carbocycles. The average molecular weight is 242 g/mol. The molecule has 2 atom stereocenters. The highest BCUT2D eigenvalue weighted by Crippen LogP contribution is 2.24. The molecule has 0 spiro atoms. The molecule has 0 bridgehead atoms. The maximum absolute atomic E-state index is 10.8. The molecule has 0 fully saturated rings. The fourth-order valence-electron chi connectivity index (χ4n) is 1.53. The molecular weight excluding hydrogens is 226 g/mol. The zero-order valence-corrected chi connectivity index (χ0v) is 10.3. The van der Waals surface area contributed by atoms with Gasteiger partial charge in [0, 0.05) is 17.0 Å². The molecule has 0 aromatic heterocycles. The minimum Gasteiger partial charge on any atom is -0.258 e. The predicted molar refractivity (Wildman–Crippen MR) is 65.9 cm³/mol. The number of rotatable bonds is 5. The van der Waals surface area contributed by atoms with E-state index < -0.39 is 0 Å². The van der Waals surface area contributed by atoms with Crippen LogP contribution in [0.1, 0.15) is 25.8 Å². The van der Waals surface area contributed by atoms with Crippen molar-refractivity contribution in [3.8, 4) is 0 Å². The van der Waals surface area contributed by atoms with Crippen LogP contribution in [-0.2, 0) is 6.42 Å². The van der Waals surface area contributed by atoms with Crippen molar-refractivity contribution >= 4 is 17.3 Å². The number of alkyl halides is 1. The van der Waals surface area contributed by atoms with Crippen LogP contribution in [0.2, 0.25) is 0 Å². The van der Waals surface area contributed by atoms with Gasteiger partial charge >= 0.3 is 0 Å². The van der Waals surface area contributed by atoms with Gasteiger partial charge in [0.25, 0.3) is 5.69 Å². The Morgan fingerprint density at radius 1 is 1.44 bits per heavy atom. The number of hydrogen-bond donors (Lipinski definition) is 0. The summed E-state index contributed by atoms with van der Waals surface area (Å²) in [5, 5.41) is 10.8. The first-order chi connectivity index (χ1) is 7.56. The quantitative estimate of drug-likeness (QED) is 0.447. The maximum atomic E-state index is 10.8. The topological polar surface area (TPSA) is 43.1 Å². The van der Waals surface area contributed by atoms with E-state index in [1.165, 1.54) is 6.07 Å². The Labute approximate surface area is 101 Å². The van der Waals surface area contributed by atoms with E-state index in [0.29, 0.717) is 17.9 Å². The molecule has 2 unspecified atom stereocenters. The van der Waals surface area contributed by atoms with Gasteiger partial charge in [0.15, 0.2) is 0 Å². The highest BCUT2D eigenvalue weighted by molar-refractivity contribution is 6.20. The van der Waals surface area contributed by atoms with Gasteiger partial charge in [-0.1, -0.05) is 38.5 Å². The van der Waals surface area contributed by atoms with Gasteiger partial charge in [0.1, 0.15) is 0 Å². The lowest BCUT2D eigenvalue weighted by molar-refractivity contribution is -0.385. The van der Waals surface area contributed by atoms with Crippen LogP contribution >= 0.6 is 11.6 Å². The molecule has 0 radical (unpaired) electrons. The van der Waals surface area contributed by atoms with Gasteiger partial charge in [0.2, 0.25) is 0 Å². The summed E-state index contributed by atoms with van der Waals surface area (Å²) in [6.45, 7) is 4.13. The minimum atomic E-state index is -0.352. The smallest absolute Gasteiger partial charge is 0.258 e. The van der Waals surface area contributed by atoms with Gasteiger partial charge in [-0.3, -0.25) is 10.1 Å². The molecule has 3 nitrogen and oxygen atoms in total. The second-order valence-electron chi connectivity index (χ2n) is 3.99. The van der Waals surface area contributed by atoms with E-state index in [0.717, 1.165) is 6.42 Å². The molecule has 88 valence electrons. The van der Waals surface area contributed by atoms with Gasteiger partial charge in [-0.15, -0.1) is 11.6 Å². The first kappa shape index (κ1) is 13.0. The maximum Gasteiger partial charge on any atom is 0.272 e. The van der Waals surface area contributed by atoms with E-state index >= 15 is 0 Å². The van der Waals surface area contributed by atoms with Crippen LogP contribution in [0.3, 0.4) is 0 Å². The SMILES string of the molecule is CCC(C)C(Cl)Cc1ccccc1[N+](=O)[O-]. The number of nitrogens with zero attached hydrogens (tertiary/aromatic N) is 1. The van der Waals surface area contributed by atoms with Gasteiger partial charge < -0.3 is 0 Å². The number of benzene rings is 1. The largest absolute Gasteiger partial charge is 0.272 e. The third-order valence-corrected chi connectivity index (χ3v) is 3.45. The lowest BCUT2D eigenvalue weighted by Gasteiger charge is -2.15. The first-order valence-corrected chi connectivity index (χ1v) is 5.86. The summed E-state index contributed by atoms with van der Waals surface area (Å²) in [7, 11) is 0. The Hall–Kier alpha value is -1.09. The highest BCUT2D eigenvalue weighted by atomic mass is 35.5. The summed E-state index contributed by atoms with van der Waals surface area (Å²) in [6, 6.07) is 6.78. The number of halogens is 1. The number of nitro benzene ring substituents is 1. The second-order valence-corrected chi connectivity index (χ2v) is 4.55. The highest BCUT2D eigenvalue weighted by Gasteiger charge is 2.19. The van der Waals surface area contributed by atoms with Crippen molar-refractivity contribution in [2.45, 2.75) is 32.1 Å². The van der Waals surface area contributed by atoms with Crippen molar-refractivity contribution in [1.82, 2.24) is 0 Å². The van der Waals surface area contributed by atoms with Crippen LogP contribution < -0.4 is 0 Å². The number of para-hydroxylation sites is 1. The van der Waals surface area contributed by atoms with E-state index in [1.54, 1.807) is 12.1 Å². The Morgan fingerprint density at radius 3 is 2.62 bits per heavy atom. The standard InChI is InChI=1S/C12H16ClNO2/c1-3-9(2)11(13)8-10-6-4-5-7-12(10)14(15)16/h4-7,9,11H,3,8H2,1-2H3. The summed E-state index contributed by atoms with van der Waals surface area (Å²) in [5.74, 6) is 0.362. The predicted octanol–water partition coefficient (Wildman–Crippen LogP) is 3.79. The summed E-state index contributed by atoms with van der Waals surface area (Å²) >= 11 is 6.22. The molecular formula is C12H16ClNO2. The second kappa shape index (κ2) is 5.85. The summed E-state index contributed by atoms with van der Waals surface area (Å²) < 4.78 is 0. The molecule has 1 aromatic carbocycles. The zero-order chi connectivity index (χ0) is 12.1. The number of nitro groups is 1. The van der Waals surface area contributed by atoms with Crippen LogP contribution in [-0.4, -0.2) is 10.3 Å². The Balaban J connectivity index is 2.84. The molecule has 16 heavy (non-hydrogen) atoms. The van der Waals surface area contributed by atoms with Crippen LogP contribution in [0.5, 0.6) is 0 Å². The fourth-order valence-corrected chi connectivity index (χ4v) is 1.87. The van der Waals surface area contributed by atoms with Crippen LogP contribution in [0.25, 0.3) is 0 Å². The molecule has 0 aliphatic heterocycles. The fraction of sp³-hybridized carbons (Fsp3) is 0.500. The van der Waals surface area contributed by atoms with Gasteiger partial charge in [-0.2, -0.15) is 0 Å². The summed E-state index contributed by atoms with van der Waals surface area (Å²) in [6.07, 6.45) is 1.53. The molecule has 0 amide bonds. The summed E-state index contributed by atoms with van der Waals surface area (Å²) in [4.78, 5) is 10.5. The van der Waals surface area contributed by atoms with Crippen molar-refractivity contribution in [3.05, 3.63) is 39.9 Å². The van der Waals surface area contributed by atoms with Crippen LogP contribution in [0, 0.1) is 16.0 Å². The van der Waals surface area contributed by atoms with E-state index in [9.17, 15) is 10.1 Å². The molecule has 0 saturated heterocycles. The van der Waals surface area contributed by atoms with Crippen molar-refractivity contribution in [1.29, 1.82) is 0 Å². The van der Waals surface area contributed by atoms with Crippen LogP contribution in [0.15, 0.2) is 24.3 Å². The van der Waals surface area contributed by atoms with E-state index in [4.69, 9.17) is 11.6 Å². The van der Waals surface area contributed by atoms with Crippen molar-refractivity contribution in [2.75, 3.05) is 0 Å². The molecule has 0 N–H and O–H groups in total. The molecule has 0 heterocycles. The molecule has 0 aliphatic rings. The Bertz CT molecular complexity index is 368. The Kier molecular flexibility index (Phi) is 4.74. The molecule has 1 aromatic rings. The normalized spacial score (nSPS) is 14.4. The zero-order valence-electron chi connectivity index (χ0n) is 9.52. The summed E-state index contributed by atoms with van der Waals surface area (Å²) in [5.41, 5.74) is 0.879. The van der Waals surface area contributed by atoms with E-state index in [-0.39, 0.29) is 16.0 Å².